The summed E-state index contributed by atoms with van der Waals surface area (Å²) in [5.41, 5.74) is 1.70. The van der Waals surface area contributed by atoms with E-state index in [4.69, 9.17) is 0 Å². The number of piperazine rings is 1. The molecule has 4 rings (SSSR count). The Balaban J connectivity index is 1.30. The van der Waals surface area contributed by atoms with Gasteiger partial charge in [-0.3, -0.25) is 14.5 Å². The number of nitrogens with zero attached hydrogens (tertiary/aromatic N) is 2. The minimum absolute atomic E-state index is 0.0585. The first kappa shape index (κ1) is 23.0. The van der Waals surface area contributed by atoms with Crippen molar-refractivity contribution in [2.75, 3.05) is 46.3 Å². The summed E-state index contributed by atoms with van der Waals surface area (Å²) in [6.45, 7) is 5.15. The number of rotatable bonds is 8. The number of hydrogen-bond acceptors (Lipinski definition) is 4. The van der Waals surface area contributed by atoms with Gasteiger partial charge in [-0.2, -0.15) is 0 Å². The largest absolute Gasteiger partial charge is 0.352 e. The molecule has 0 aliphatic carbocycles. The summed E-state index contributed by atoms with van der Waals surface area (Å²) in [6, 6.07) is 23.6. The minimum atomic E-state index is -0.161. The SMILES string of the molecule is CN1CCN(CC(NC(=O)CCNC(=O)c2ccc3ccccc3c2)c2ccccc2)CC1. The molecule has 1 fully saturated rings. The lowest BCUT2D eigenvalue weighted by Crippen LogP contribution is -2.48. The van der Waals surface area contributed by atoms with Gasteiger partial charge in [0.05, 0.1) is 6.04 Å². The highest BCUT2D eigenvalue weighted by Crippen LogP contribution is 2.17. The molecule has 6 heteroatoms. The number of carbonyl (C=O) groups excluding carboxylic acids is 2. The van der Waals surface area contributed by atoms with E-state index in [1.54, 1.807) is 0 Å². The molecule has 2 N–H and O–H groups in total. The van der Waals surface area contributed by atoms with Crippen LogP contribution in [-0.2, 0) is 4.79 Å². The predicted octanol–water partition coefficient (Wildman–Crippen LogP) is 3.06. The summed E-state index contributed by atoms with van der Waals surface area (Å²) in [6.07, 6.45) is 0.241. The van der Waals surface area contributed by atoms with Gasteiger partial charge in [-0.25, -0.2) is 0 Å². The van der Waals surface area contributed by atoms with Crippen LogP contribution in [0.5, 0.6) is 0 Å². The van der Waals surface area contributed by atoms with E-state index in [1.807, 2.05) is 60.7 Å². The molecule has 3 aromatic carbocycles. The standard InChI is InChI=1S/C27H32N4O2/c1-30-15-17-31(18-16-30)20-25(22-8-3-2-4-9-22)29-26(32)13-14-28-27(33)24-12-11-21-7-5-6-10-23(21)19-24/h2-12,19,25H,13-18,20H2,1H3,(H,28,33)(H,29,32). The molecular formula is C27H32N4O2. The first-order valence-corrected chi connectivity index (χ1v) is 11.6. The van der Waals surface area contributed by atoms with Gasteiger partial charge in [0.1, 0.15) is 0 Å². The van der Waals surface area contributed by atoms with Gasteiger partial charge >= 0.3 is 0 Å². The molecule has 1 unspecified atom stereocenters. The van der Waals surface area contributed by atoms with Crippen molar-refractivity contribution in [3.63, 3.8) is 0 Å². The molecule has 1 saturated heterocycles. The highest BCUT2D eigenvalue weighted by molar-refractivity contribution is 5.98. The lowest BCUT2D eigenvalue weighted by atomic mass is 10.1. The molecule has 0 radical (unpaired) electrons. The number of hydrogen-bond donors (Lipinski definition) is 2. The third-order valence-corrected chi connectivity index (χ3v) is 6.22. The molecule has 1 heterocycles. The molecule has 0 bridgehead atoms. The highest BCUT2D eigenvalue weighted by Gasteiger charge is 2.21. The molecule has 33 heavy (non-hydrogen) atoms. The van der Waals surface area contributed by atoms with E-state index in [2.05, 4.69) is 39.6 Å². The fourth-order valence-corrected chi connectivity index (χ4v) is 4.20. The van der Waals surface area contributed by atoms with Crippen LogP contribution in [-0.4, -0.2) is 67.9 Å². The van der Waals surface area contributed by atoms with Crippen molar-refractivity contribution in [2.45, 2.75) is 12.5 Å². The molecule has 3 aromatic rings. The number of benzene rings is 3. The van der Waals surface area contributed by atoms with Crippen molar-refractivity contribution in [3.8, 4) is 0 Å². The number of amides is 2. The quantitative estimate of drug-likeness (QED) is 0.561. The second kappa shape index (κ2) is 11.1. The van der Waals surface area contributed by atoms with Crippen molar-refractivity contribution in [1.29, 1.82) is 0 Å². The van der Waals surface area contributed by atoms with E-state index in [-0.39, 0.29) is 24.3 Å². The van der Waals surface area contributed by atoms with E-state index in [1.165, 1.54) is 0 Å². The van der Waals surface area contributed by atoms with Gasteiger partial charge in [0.25, 0.3) is 5.91 Å². The average Bonchev–Trinajstić information content (AvgIpc) is 2.85. The number of fused-ring (bicyclic) bond motifs is 1. The molecule has 6 nitrogen and oxygen atoms in total. The summed E-state index contributed by atoms with van der Waals surface area (Å²) < 4.78 is 0. The van der Waals surface area contributed by atoms with Crippen LogP contribution < -0.4 is 10.6 Å². The number of nitrogens with one attached hydrogen (secondary N) is 2. The van der Waals surface area contributed by atoms with Crippen molar-refractivity contribution in [2.24, 2.45) is 0 Å². The van der Waals surface area contributed by atoms with Crippen LogP contribution in [0.3, 0.4) is 0 Å². The lowest BCUT2D eigenvalue weighted by molar-refractivity contribution is -0.121. The van der Waals surface area contributed by atoms with Gasteiger partial charge in [0.15, 0.2) is 0 Å². The molecule has 0 saturated carbocycles. The normalized spacial score (nSPS) is 15.8. The Hall–Kier alpha value is -3.22. The van der Waals surface area contributed by atoms with Gasteiger partial charge in [-0.1, -0.05) is 60.7 Å². The number of carbonyl (C=O) groups is 2. The van der Waals surface area contributed by atoms with Crippen molar-refractivity contribution in [1.82, 2.24) is 20.4 Å². The van der Waals surface area contributed by atoms with E-state index < -0.39 is 0 Å². The van der Waals surface area contributed by atoms with Crippen molar-refractivity contribution >= 4 is 22.6 Å². The summed E-state index contributed by atoms with van der Waals surface area (Å²) in [5, 5.41) is 8.19. The van der Waals surface area contributed by atoms with Gasteiger partial charge < -0.3 is 15.5 Å². The molecule has 1 aliphatic rings. The van der Waals surface area contributed by atoms with Crippen LogP contribution in [0.25, 0.3) is 10.8 Å². The van der Waals surface area contributed by atoms with E-state index in [0.717, 1.165) is 49.1 Å². The summed E-state index contributed by atoms with van der Waals surface area (Å²) >= 11 is 0. The van der Waals surface area contributed by atoms with Gasteiger partial charge in [-0.05, 0) is 35.5 Å². The minimum Gasteiger partial charge on any atom is -0.352 e. The Bertz CT molecular complexity index is 1080. The molecule has 1 aliphatic heterocycles. The molecule has 0 spiro atoms. The van der Waals surface area contributed by atoms with E-state index >= 15 is 0 Å². The third kappa shape index (κ3) is 6.40. The van der Waals surface area contributed by atoms with Crippen molar-refractivity contribution < 1.29 is 9.59 Å². The molecular weight excluding hydrogens is 412 g/mol. The first-order valence-electron chi connectivity index (χ1n) is 11.6. The van der Waals surface area contributed by atoms with Crippen molar-refractivity contribution in [3.05, 3.63) is 83.9 Å². The maximum absolute atomic E-state index is 12.7. The Kier molecular flexibility index (Phi) is 7.70. The Morgan fingerprint density at radius 1 is 0.879 bits per heavy atom. The monoisotopic (exact) mass is 444 g/mol. The summed E-state index contributed by atoms with van der Waals surface area (Å²) in [7, 11) is 2.14. The van der Waals surface area contributed by atoms with E-state index in [9.17, 15) is 9.59 Å². The van der Waals surface area contributed by atoms with Gasteiger partial charge in [-0.15, -0.1) is 0 Å². The molecule has 0 aromatic heterocycles. The Labute approximate surface area is 195 Å². The summed E-state index contributed by atoms with van der Waals surface area (Å²) in [5.74, 6) is -0.220. The maximum Gasteiger partial charge on any atom is 0.251 e. The second-order valence-electron chi connectivity index (χ2n) is 8.70. The fourth-order valence-electron chi connectivity index (χ4n) is 4.20. The van der Waals surface area contributed by atoms with Crippen LogP contribution >= 0.6 is 0 Å². The van der Waals surface area contributed by atoms with Crippen LogP contribution in [0.4, 0.5) is 0 Å². The van der Waals surface area contributed by atoms with Crippen LogP contribution in [0.15, 0.2) is 72.8 Å². The van der Waals surface area contributed by atoms with Crippen LogP contribution in [0.1, 0.15) is 28.4 Å². The first-order chi connectivity index (χ1) is 16.1. The smallest absolute Gasteiger partial charge is 0.251 e. The molecule has 172 valence electrons. The zero-order chi connectivity index (χ0) is 23.0. The molecule has 1 atom stereocenters. The molecule has 2 amide bonds. The van der Waals surface area contributed by atoms with Gasteiger partial charge in [0, 0.05) is 51.3 Å². The van der Waals surface area contributed by atoms with Gasteiger partial charge in [0.2, 0.25) is 5.91 Å². The highest BCUT2D eigenvalue weighted by atomic mass is 16.2. The topological polar surface area (TPSA) is 64.7 Å². The summed E-state index contributed by atoms with van der Waals surface area (Å²) in [4.78, 5) is 30.0. The maximum atomic E-state index is 12.7. The third-order valence-electron chi connectivity index (χ3n) is 6.22. The van der Waals surface area contributed by atoms with Crippen LogP contribution in [0, 0.1) is 0 Å². The zero-order valence-electron chi connectivity index (χ0n) is 19.2. The average molecular weight is 445 g/mol. The predicted molar refractivity (Wildman–Crippen MR) is 132 cm³/mol. The Morgan fingerprint density at radius 2 is 1.58 bits per heavy atom. The second-order valence-corrected chi connectivity index (χ2v) is 8.70. The lowest BCUT2D eigenvalue weighted by Gasteiger charge is -2.35. The van der Waals surface area contributed by atoms with Crippen LogP contribution in [0.2, 0.25) is 0 Å². The zero-order valence-corrected chi connectivity index (χ0v) is 19.2. The number of likely N-dealkylation sites (N-methyl/N-ethyl adjacent to an activating group) is 1. The van der Waals surface area contributed by atoms with E-state index in [0.29, 0.717) is 12.1 Å². The Morgan fingerprint density at radius 3 is 2.33 bits per heavy atom. The fraction of sp³-hybridized carbons (Fsp3) is 0.333.